The van der Waals surface area contributed by atoms with Crippen LogP contribution < -0.4 is 5.16 Å². The van der Waals surface area contributed by atoms with E-state index in [2.05, 4.69) is 9.44 Å². The second-order valence-electron chi connectivity index (χ2n) is 2.94. The average molecular weight is 244 g/mol. The molecule has 0 heterocycles. The summed E-state index contributed by atoms with van der Waals surface area (Å²) in [6.07, 6.45) is 0. The molecule has 0 aromatic heterocycles. The van der Waals surface area contributed by atoms with Crippen molar-refractivity contribution in [1.82, 2.24) is 0 Å². The quantitative estimate of drug-likeness (QED) is 0.454. The molecule has 6 heteroatoms. The molecule has 0 aliphatic heterocycles. The Labute approximate surface area is 94.8 Å². The lowest BCUT2D eigenvalue weighted by atomic mass is 10.4. The Balaban J connectivity index is 2.78. The summed E-state index contributed by atoms with van der Waals surface area (Å²) >= 11 is 0. The summed E-state index contributed by atoms with van der Waals surface area (Å²) < 4.78 is 32.8. The second-order valence-corrected chi connectivity index (χ2v) is 4.49. The van der Waals surface area contributed by atoms with Crippen LogP contribution in [-0.4, -0.2) is 20.9 Å². The Morgan fingerprint density at radius 3 is 2.50 bits per heavy atom. The number of ether oxygens (including phenoxy) is 1. The first-order valence-corrected chi connectivity index (χ1v) is 6.18. The molecule has 1 aromatic rings. The molecular formula is C10H14NO4S+. The molecule has 0 amide bonds. The first-order chi connectivity index (χ1) is 7.56. The molecule has 0 aliphatic rings. The van der Waals surface area contributed by atoms with Crippen molar-refractivity contribution < 1.29 is 22.6 Å². The van der Waals surface area contributed by atoms with Crippen LogP contribution in [0.5, 0.6) is 0 Å². The Hall–Kier alpha value is -1.56. The van der Waals surface area contributed by atoms with Crippen LogP contribution >= 0.6 is 0 Å². The van der Waals surface area contributed by atoms with Gasteiger partial charge in [0.05, 0.1) is 13.5 Å². The van der Waals surface area contributed by atoms with E-state index in [0.717, 1.165) is 0 Å². The number of hydrogen-bond donors (Lipinski definition) is 1. The average Bonchev–Trinajstić information content (AvgIpc) is 2.28. The van der Waals surface area contributed by atoms with E-state index in [1.165, 1.54) is 12.1 Å². The Morgan fingerprint density at radius 1 is 1.31 bits per heavy atom. The Kier molecular flexibility index (Phi) is 4.30. The van der Waals surface area contributed by atoms with Crippen molar-refractivity contribution in [3.63, 3.8) is 0 Å². The molecule has 1 aromatic carbocycles. The zero-order valence-electron chi connectivity index (χ0n) is 9.14. The van der Waals surface area contributed by atoms with E-state index in [1.807, 2.05) is 0 Å². The van der Waals surface area contributed by atoms with Crippen LogP contribution in [-0.2, 0) is 19.1 Å². The van der Waals surface area contributed by atoms with E-state index in [9.17, 15) is 8.42 Å². The van der Waals surface area contributed by atoms with Gasteiger partial charge in [-0.1, -0.05) is 18.2 Å². The maximum absolute atomic E-state index is 11.6. The molecule has 0 atom stereocenters. The van der Waals surface area contributed by atoms with Gasteiger partial charge in [-0.05, 0) is 19.1 Å². The zero-order valence-corrected chi connectivity index (χ0v) is 9.95. The van der Waals surface area contributed by atoms with Gasteiger partial charge in [0, 0.05) is 5.16 Å². The summed E-state index contributed by atoms with van der Waals surface area (Å²) in [5, 5.41) is 2.23. The maximum Gasteiger partial charge on any atom is 0.395 e. The molecule has 16 heavy (non-hydrogen) atoms. The van der Waals surface area contributed by atoms with Crippen molar-refractivity contribution in [2.45, 2.75) is 18.7 Å². The predicted octanol–water partition coefficient (Wildman–Crippen LogP) is -0.158. The van der Waals surface area contributed by atoms with Gasteiger partial charge in [0.1, 0.15) is 4.90 Å². The topological polar surface area (TPSA) is 66.6 Å². The normalized spacial score (nSPS) is 12.2. The van der Waals surface area contributed by atoms with E-state index >= 15 is 0 Å². The molecular weight excluding hydrogens is 230 g/mol. The van der Waals surface area contributed by atoms with Gasteiger partial charge in [-0.25, -0.2) is 0 Å². The molecule has 0 radical (unpaired) electrons. The SMILES string of the molecule is CCO/C(C)=[NH+]/OS(=O)(=O)c1ccccc1. The summed E-state index contributed by atoms with van der Waals surface area (Å²) in [5.74, 6) is 0.294. The van der Waals surface area contributed by atoms with Gasteiger partial charge in [-0.15, -0.1) is 4.28 Å². The smallest absolute Gasteiger partial charge is 0.395 e. The third-order valence-electron chi connectivity index (χ3n) is 1.69. The number of rotatable bonds is 4. The fraction of sp³-hybridized carbons (Fsp3) is 0.300. The lowest BCUT2D eigenvalue weighted by Crippen LogP contribution is -2.72. The van der Waals surface area contributed by atoms with Gasteiger partial charge in [-0.2, -0.15) is 8.42 Å². The van der Waals surface area contributed by atoms with Crippen LogP contribution in [0.3, 0.4) is 0 Å². The largest absolute Gasteiger partial charge is 0.446 e. The van der Waals surface area contributed by atoms with Crippen molar-refractivity contribution in [2.75, 3.05) is 6.61 Å². The highest BCUT2D eigenvalue weighted by Gasteiger charge is 2.18. The Morgan fingerprint density at radius 2 is 1.94 bits per heavy atom. The van der Waals surface area contributed by atoms with Gasteiger partial charge >= 0.3 is 16.0 Å². The molecule has 0 fully saturated rings. The number of benzene rings is 1. The molecule has 0 bridgehead atoms. The third kappa shape index (κ3) is 3.54. The van der Waals surface area contributed by atoms with Gasteiger partial charge in [0.15, 0.2) is 0 Å². The van der Waals surface area contributed by atoms with Gasteiger partial charge in [0.2, 0.25) is 0 Å². The lowest BCUT2D eigenvalue weighted by molar-refractivity contribution is -0.710. The lowest BCUT2D eigenvalue weighted by Gasteiger charge is -1.97. The van der Waals surface area contributed by atoms with Crippen molar-refractivity contribution in [1.29, 1.82) is 0 Å². The van der Waals surface area contributed by atoms with Crippen LogP contribution in [0.25, 0.3) is 0 Å². The monoisotopic (exact) mass is 244 g/mol. The fourth-order valence-electron chi connectivity index (χ4n) is 0.995. The van der Waals surface area contributed by atoms with E-state index in [-0.39, 0.29) is 4.90 Å². The van der Waals surface area contributed by atoms with Crippen LogP contribution in [0.15, 0.2) is 35.2 Å². The van der Waals surface area contributed by atoms with Crippen molar-refractivity contribution >= 4 is 16.0 Å². The van der Waals surface area contributed by atoms with Crippen LogP contribution in [0.4, 0.5) is 0 Å². The highest BCUT2D eigenvalue weighted by molar-refractivity contribution is 7.86. The molecule has 88 valence electrons. The van der Waals surface area contributed by atoms with Crippen molar-refractivity contribution in [3.05, 3.63) is 30.3 Å². The summed E-state index contributed by atoms with van der Waals surface area (Å²) in [4.78, 5) is 0.0896. The molecule has 0 unspecified atom stereocenters. The van der Waals surface area contributed by atoms with Crippen molar-refractivity contribution in [3.8, 4) is 0 Å². The molecule has 0 saturated carbocycles. The summed E-state index contributed by atoms with van der Waals surface area (Å²) in [5.41, 5.74) is 0. The highest BCUT2D eigenvalue weighted by atomic mass is 32.2. The number of hydrogen-bond acceptors (Lipinski definition) is 4. The first kappa shape index (κ1) is 12.5. The highest BCUT2D eigenvalue weighted by Crippen LogP contribution is 2.07. The number of nitrogens with one attached hydrogen (secondary N) is 1. The van der Waals surface area contributed by atoms with E-state index in [1.54, 1.807) is 32.0 Å². The Bertz CT molecular complexity index is 453. The first-order valence-electron chi connectivity index (χ1n) is 4.77. The summed E-state index contributed by atoms with van der Waals surface area (Å²) in [6, 6.07) is 7.87. The van der Waals surface area contributed by atoms with E-state index in [0.29, 0.717) is 12.5 Å². The predicted molar refractivity (Wildman–Crippen MR) is 58.0 cm³/mol. The third-order valence-corrected chi connectivity index (χ3v) is 2.84. The molecule has 1 rings (SSSR count). The van der Waals surface area contributed by atoms with E-state index < -0.39 is 10.1 Å². The van der Waals surface area contributed by atoms with Crippen LogP contribution in [0.2, 0.25) is 0 Å². The molecule has 0 aliphatic carbocycles. The maximum atomic E-state index is 11.6. The molecule has 0 saturated heterocycles. The fourth-order valence-corrected chi connectivity index (χ4v) is 1.81. The van der Waals surface area contributed by atoms with Crippen LogP contribution in [0.1, 0.15) is 13.8 Å². The van der Waals surface area contributed by atoms with Gasteiger partial charge in [0.25, 0.3) is 0 Å². The van der Waals surface area contributed by atoms with Gasteiger partial charge in [-0.3, -0.25) is 0 Å². The minimum absolute atomic E-state index is 0.0896. The minimum Gasteiger partial charge on any atom is -0.446 e. The molecule has 1 N–H and O–H groups in total. The minimum atomic E-state index is -3.79. The standard InChI is InChI=1S/C10H13NO4S/c1-3-14-9(2)11-15-16(12,13)10-7-5-4-6-8-10/h4-8H,3H2,1-2H3/p+1/b11-9+. The molecule has 0 spiro atoms. The van der Waals surface area contributed by atoms with Gasteiger partial charge < -0.3 is 4.74 Å². The van der Waals surface area contributed by atoms with Crippen molar-refractivity contribution in [2.24, 2.45) is 0 Å². The summed E-state index contributed by atoms with van der Waals surface area (Å²) in [7, 11) is -3.79. The second kappa shape index (κ2) is 5.50. The zero-order chi connectivity index (χ0) is 12.0. The van der Waals surface area contributed by atoms with Crippen LogP contribution in [0, 0.1) is 0 Å². The van der Waals surface area contributed by atoms with E-state index in [4.69, 9.17) is 4.74 Å². The molecule has 5 nitrogen and oxygen atoms in total. The summed E-state index contributed by atoms with van der Waals surface area (Å²) in [6.45, 7) is 3.80.